The maximum atomic E-state index is 12.7. The summed E-state index contributed by atoms with van der Waals surface area (Å²) >= 11 is 5.99. The third-order valence-corrected chi connectivity index (χ3v) is 4.45. The number of nitrogens with zero attached hydrogens (tertiary/aromatic N) is 2. The Kier molecular flexibility index (Phi) is 4.82. The fourth-order valence-electron chi connectivity index (χ4n) is 2.99. The third-order valence-electron chi connectivity index (χ3n) is 4.22. The summed E-state index contributed by atoms with van der Waals surface area (Å²) in [6.45, 7) is 7.41. The van der Waals surface area contributed by atoms with Gasteiger partial charge in [0.2, 0.25) is 0 Å². The number of hydrogen-bond donors (Lipinski definition) is 0. The second-order valence-corrected chi connectivity index (χ2v) is 7.79. The van der Waals surface area contributed by atoms with Crippen LogP contribution < -0.4 is 4.74 Å². The molecule has 1 unspecified atom stereocenters. The second-order valence-electron chi connectivity index (χ2n) is 7.36. The van der Waals surface area contributed by atoms with Crippen LogP contribution in [0.5, 0.6) is 5.75 Å². The molecule has 0 saturated carbocycles. The van der Waals surface area contributed by atoms with Crippen LogP contribution in [0.4, 0.5) is 4.79 Å². The predicted octanol–water partition coefficient (Wildman–Crippen LogP) is 2.72. The molecule has 1 aromatic carbocycles. The van der Waals surface area contributed by atoms with E-state index in [0.29, 0.717) is 37.6 Å². The predicted molar refractivity (Wildman–Crippen MR) is 94.0 cm³/mol. The lowest BCUT2D eigenvalue weighted by molar-refractivity contribution is -0.139. The molecule has 0 spiro atoms. The summed E-state index contributed by atoms with van der Waals surface area (Å²) in [4.78, 5) is 28.2. The van der Waals surface area contributed by atoms with Gasteiger partial charge in [0.25, 0.3) is 5.91 Å². The summed E-state index contributed by atoms with van der Waals surface area (Å²) in [7, 11) is 0. The number of ether oxygens (including phenoxy) is 2. The van der Waals surface area contributed by atoms with Crippen LogP contribution >= 0.6 is 11.6 Å². The van der Waals surface area contributed by atoms with E-state index in [1.54, 1.807) is 21.9 Å². The highest BCUT2D eigenvalue weighted by Crippen LogP contribution is 2.31. The lowest BCUT2D eigenvalue weighted by Crippen LogP contribution is -2.54. The van der Waals surface area contributed by atoms with Crippen LogP contribution in [0.15, 0.2) is 18.2 Å². The van der Waals surface area contributed by atoms with Gasteiger partial charge in [-0.2, -0.15) is 0 Å². The molecule has 0 N–H and O–H groups in total. The van der Waals surface area contributed by atoms with Crippen molar-refractivity contribution in [3.63, 3.8) is 0 Å². The van der Waals surface area contributed by atoms with Crippen LogP contribution in [0.3, 0.4) is 0 Å². The maximum Gasteiger partial charge on any atom is 0.410 e. The summed E-state index contributed by atoms with van der Waals surface area (Å²) in [5.74, 6) is 0.673. The van der Waals surface area contributed by atoms with Gasteiger partial charge >= 0.3 is 6.09 Å². The molecule has 25 heavy (non-hydrogen) atoms. The molecule has 6 nitrogen and oxygen atoms in total. The van der Waals surface area contributed by atoms with E-state index >= 15 is 0 Å². The van der Waals surface area contributed by atoms with Crippen molar-refractivity contribution in [1.29, 1.82) is 0 Å². The molecule has 0 aromatic heterocycles. The van der Waals surface area contributed by atoms with Crippen molar-refractivity contribution in [2.75, 3.05) is 26.2 Å². The van der Waals surface area contributed by atoms with E-state index in [1.807, 2.05) is 26.8 Å². The van der Waals surface area contributed by atoms with E-state index in [0.717, 1.165) is 11.3 Å². The molecule has 1 aromatic rings. The van der Waals surface area contributed by atoms with Crippen LogP contribution in [0.1, 0.15) is 26.3 Å². The van der Waals surface area contributed by atoms with Crippen LogP contribution in [0, 0.1) is 0 Å². The first-order chi connectivity index (χ1) is 11.7. The van der Waals surface area contributed by atoms with Gasteiger partial charge in [-0.1, -0.05) is 11.6 Å². The highest BCUT2D eigenvalue weighted by atomic mass is 35.5. The summed E-state index contributed by atoms with van der Waals surface area (Å²) in [5.41, 5.74) is 0.438. The van der Waals surface area contributed by atoms with Crippen LogP contribution in [0.2, 0.25) is 5.02 Å². The van der Waals surface area contributed by atoms with Gasteiger partial charge in [0.1, 0.15) is 11.4 Å². The van der Waals surface area contributed by atoms with Gasteiger partial charge in [-0.25, -0.2) is 4.79 Å². The van der Waals surface area contributed by atoms with Gasteiger partial charge in [0.05, 0.1) is 0 Å². The van der Waals surface area contributed by atoms with E-state index in [2.05, 4.69) is 0 Å². The zero-order valence-electron chi connectivity index (χ0n) is 14.8. The summed E-state index contributed by atoms with van der Waals surface area (Å²) in [5, 5.41) is 0.640. The van der Waals surface area contributed by atoms with Gasteiger partial charge in [0.15, 0.2) is 6.10 Å². The molecule has 1 saturated heterocycles. The van der Waals surface area contributed by atoms with Crippen LogP contribution in [0.25, 0.3) is 0 Å². The summed E-state index contributed by atoms with van der Waals surface area (Å²) < 4.78 is 11.1. The standard InChI is InChI=1S/C18H23ClN2O4/c1-18(2,3)25-17(23)21-8-6-20(7-9-21)16(22)15-11-12-10-13(19)4-5-14(12)24-15/h4-5,10,15H,6-9,11H2,1-3H3. The number of rotatable bonds is 1. The first-order valence-electron chi connectivity index (χ1n) is 8.45. The monoisotopic (exact) mass is 366 g/mol. The minimum atomic E-state index is -0.519. The highest BCUT2D eigenvalue weighted by molar-refractivity contribution is 6.30. The molecule has 0 aliphatic carbocycles. The Hall–Kier alpha value is -1.95. The molecule has 7 heteroatoms. The molecule has 1 atom stereocenters. The quantitative estimate of drug-likeness (QED) is 0.766. The largest absolute Gasteiger partial charge is 0.480 e. The molecule has 2 aliphatic rings. The van der Waals surface area contributed by atoms with Crippen LogP contribution in [-0.2, 0) is 16.0 Å². The molecule has 1 fully saturated rings. The Morgan fingerprint density at radius 1 is 1.16 bits per heavy atom. The SMILES string of the molecule is CC(C)(C)OC(=O)N1CCN(C(=O)C2Cc3cc(Cl)ccc3O2)CC1. The number of benzene rings is 1. The Morgan fingerprint density at radius 3 is 2.44 bits per heavy atom. The van der Waals surface area contributed by atoms with Gasteiger partial charge in [0, 0.05) is 37.6 Å². The van der Waals surface area contributed by atoms with E-state index in [4.69, 9.17) is 21.1 Å². The average molecular weight is 367 g/mol. The first kappa shape index (κ1) is 17.9. The van der Waals surface area contributed by atoms with Crippen molar-refractivity contribution in [2.45, 2.75) is 38.9 Å². The minimum absolute atomic E-state index is 0.0452. The van der Waals surface area contributed by atoms with Crippen molar-refractivity contribution in [3.8, 4) is 5.75 Å². The summed E-state index contributed by atoms with van der Waals surface area (Å²) in [6, 6.07) is 5.39. The van der Waals surface area contributed by atoms with Gasteiger partial charge in [-0.3, -0.25) is 4.79 Å². The molecule has 2 amide bonds. The Balaban J connectivity index is 1.54. The maximum absolute atomic E-state index is 12.7. The molecule has 2 heterocycles. The number of piperazine rings is 1. The second kappa shape index (κ2) is 6.75. The fraction of sp³-hybridized carbons (Fsp3) is 0.556. The molecule has 0 radical (unpaired) electrons. The van der Waals surface area contributed by atoms with Gasteiger partial charge in [-0.05, 0) is 44.5 Å². The molecular formula is C18H23ClN2O4. The zero-order chi connectivity index (χ0) is 18.2. The van der Waals surface area contributed by atoms with Crippen molar-refractivity contribution >= 4 is 23.6 Å². The lowest BCUT2D eigenvalue weighted by Gasteiger charge is -2.36. The first-order valence-corrected chi connectivity index (χ1v) is 8.82. The van der Waals surface area contributed by atoms with Crippen molar-refractivity contribution in [1.82, 2.24) is 9.80 Å². The average Bonchev–Trinajstić information content (AvgIpc) is 2.95. The number of halogens is 1. The normalized spacial score (nSPS) is 20.1. The van der Waals surface area contributed by atoms with E-state index in [9.17, 15) is 9.59 Å². The number of carbonyl (C=O) groups is 2. The Bertz CT molecular complexity index is 678. The van der Waals surface area contributed by atoms with E-state index in [1.165, 1.54) is 0 Å². The van der Waals surface area contributed by atoms with Gasteiger partial charge < -0.3 is 19.3 Å². The zero-order valence-corrected chi connectivity index (χ0v) is 15.5. The van der Waals surface area contributed by atoms with Gasteiger partial charge in [-0.15, -0.1) is 0 Å². The number of fused-ring (bicyclic) bond motifs is 1. The topological polar surface area (TPSA) is 59.1 Å². The van der Waals surface area contributed by atoms with Crippen LogP contribution in [-0.4, -0.2) is 59.7 Å². The van der Waals surface area contributed by atoms with Crippen molar-refractivity contribution in [2.24, 2.45) is 0 Å². The lowest BCUT2D eigenvalue weighted by atomic mass is 10.1. The minimum Gasteiger partial charge on any atom is -0.480 e. The molecule has 3 rings (SSSR count). The highest BCUT2D eigenvalue weighted by Gasteiger charge is 2.35. The molecular weight excluding hydrogens is 344 g/mol. The molecule has 136 valence electrons. The van der Waals surface area contributed by atoms with E-state index < -0.39 is 11.7 Å². The third kappa shape index (κ3) is 4.18. The Labute approximate surface area is 152 Å². The smallest absolute Gasteiger partial charge is 0.410 e. The Morgan fingerprint density at radius 2 is 1.80 bits per heavy atom. The van der Waals surface area contributed by atoms with Crippen molar-refractivity contribution in [3.05, 3.63) is 28.8 Å². The molecule has 0 bridgehead atoms. The fourth-order valence-corrected chi connectivity index (χ4v) is 3.19. The summed E-state index contributed by atoms with van der Waals surface area (Å²) in [6.07, 6.45) is -0.318. The van der Waals surface area contributed by atoms with E-state index in [-0.39, 0.29) is 12.0 Å². The number of hydrogen-bond acceptors (Lipinski definition) is 4. The van der Waals surface area contributed by atoms with Crippen molar-refractivity contribution < 1.29 is 19.1 Å². The number of carbonyl (C=O) groups excluding carboxylic acids is 2. The number of amides is 2. The molecule has 2 aliphatic heterocycles.